The van der Waals surface area contributed by atoms with Crippen molar-refractivity contribution < 1.29 is 22.8 Å². The number of rotatable bonds is 3. The fourth-order valence-electron chi connectivity index (χ4n) is 4.16. The normalized spacial score (nSPS) is 28.8. The van der Waals surface area contributed by atoms with Gasteiger partial charge in [0.1, 0.15) is 6.54 Å². The summed E-state index contributed by atoms with van der Waals surface area (Å²) in [5.41, 5.74) is 0. The zero-order valence-electron chi connectivity index (χ0n) is 13.7. The predicted octanol–water partition coefficient (Wildman–Crippen LogP) is 1.63. The van der Waals surface area contributed by atoms with Crippen LogP contribution in [0.2, 0.25) is 0 Å². The van der Waals surface area contributed by atoms with Crippen molar-refractivity contribution in [3.8, 4) is 0 Å². The van der Waals surface area contributed by atoms with Crippen molar-refractivity contribution in [2.75, 3.05) is 32.7 Å². The van der Waals surface area contributed by atoms with Crippen molar-refractivity contribution in [2.45, 2.75) is 56.8 Å². The van der Waals surface area contributed by atoms with E-state index in [9.17, 15) is 22.8 Å². The Labute approximate surface area is 139 Å². The maximum Gasteiger partial charge on any atom is 0.406 e. The van der Waals surface area contributed by atoms with E-state index in [0.29, 0.717) is 24.0 Å². The lowest BCUT2D eigenvalue weighted by Gasteiger charge is -2.42. The van der Waals surface area contributed by atoms with Crippen LogP contribution in [0.1, 0.15) is 38.5 Å². The van der Waals surface area contributed by atoms with Crippen molar-refractivity contribution >= 4 is 11.8 Å². The molecule has 1 aliphatic carbocycles. The lowest BCUT2D eigenvalue weighted by Crippen LogP contribution is -2.55. The molecule has 1 saturated carbocycles. The molecule has 8 heteroatoms. The summed E-state index contributed by atoms with van der Waals surface area (Å²) in [6.07, 6.45) is 1.56. The van der Waals surface area contributed by atoms with Gasteiger partial charge in [-0.05, 0) is 12.8 Å². The van der Waals surface area contributed by atoms with Crippen LogP contribution in [0.4, 0.5) is 13.2 Å². The molecule has 0 bridgehead atoms. The van der Waals surface area contributed by atoms with Gasteiger partial charge in [-0.1, -0.05) is 19.3 Å². The number of hydrogen-bond acceptors (Lipinski definition) is 4. The predicted molar refractivity (Wildman–Crippen MR) is 81.2 cm³/mol. The Balaban J connectivity index is 1.54. The molecule has 2 saturated heterocycles. The molecule has 24 heavy (non-hydrogen) atoms. The van der Waals surface area contributed by atoms with Gasteiger partial charge in [-0.3, -0.25) is 24.3 Å². The van der Waals surface area contributed by atoms with E-state index in [0.717, 1.165) is 13.1 Å². The summed E-state index contributed by atoms with van der Waals surface area (Å²) >= 11 is 0. The number of hydrogen-bond donors (Lipinski definition) is 0. The molecule has 3 aliphatic rings. The van der Waals surface area contributed by atoms with Crippen LogP contribution in [-0.4, -0.2) is 77.5 Å². The van der Waals surface area contributed by atoms with Crippen LogP contribution in [0.15, 0.2) is 0 Å². The highest BCUT2D eigenvalue weighted by atomic mass is 19.4. The van der Waals surface area contributed by atoms with Gasteiger partial charge in [0, 0.05) is 32.2 Å². The van der Waals surface area contributed by atoms with Gasteiger partial charge < -0.3 is 0 Å². The molecule has 1 atom stereocenters. The van der Waals surface area contributed by atoms with Crippen molar-refractivity contribution in [3.05, 3.63) is 0 Å². The number of nitrogens with zero attached hydrogens (tertiary/aromatic N) is 3. The van der Waals surface area contributed by atoms with Crippen LogP contribution < -0.4 is 0 Å². The van der Waals surface area contributed by atoms with Crippen LogP contribution >= 0.6 is 0 Å². The van der Waals surface area contributed by atoms with Gasteiger partial charge >= 0.3 is 6.18 Å². The first kappa shape index (κ1) is 17.7. The Morgan fingerprint density at radius 2 is 1.50 bits per heavy atom. The van der Waals surface area contributed by atoms with Gasteiger partial charge in [0.25, 0.3) is 0 Å². The molecule has 2 amide bonds. The summed E-state index contributed by atoms with van der Waals surface area (Å²) < 4.78 is 37.5. The molecule has 0 N–H and O–H groups in total. The second-order valence-electron chi connectivity index (χ2n) is 7.02. The van der Waals surface area contributed by atoms with Crippen LogP contribution in [-0.2, 0) is 9.59 Å². The van der Waals surface area contributed by atoms with Gasteiger partial charge in [0.2, 0.25) is 11.8 Å². The van der Waals surface area contributed by atoms with Gasteiger partial charge in [-0.15, -0.1) is 0 Å². The number of piperazine rings is 1. The molecule has 2 aliphatic heterocycles. The SMILES string of the molecule is O=C1CC(N2CCN(C3CCCCC3)CC2)C(=O)N1CC(F)(F)F. The minimum atomic E-state index is -4.54. The van der Waals surface area contributed by atoms with Gasteiger partial charge in [0.15, 0.2) is 0 Å². The number of imide groups is 1. The molecule has 0 aromatic heterocycles. The Morgan fingerprint density at radius 1 is 0.917 bits per heavy atom. The Hall–Kier alpha value is -1.15. The zero-order chi connectivity index (χ0) is 17.3. The number of halogens is 3. The zero-order valence-corrected chi connectivity index (χ0v) is 13.7. The van der Waals surface area contributed by atoms with E-state index in [-0.39, 0.29) is 6.42 Å². The largest absolute Gasteiger partial charge is 0.406 e. The molecule has 5 nitrogen and oxygen atoms in total. The van der Waals surface area contributed by atoms with E-state index in [2.05, 4.69) is 4.90 Å². The molecule has 2 heterocycles. The van der Waals surface area contributed by atoms with Crippen LogP contribution in [0, 0.1) is 0 Å². The number of likely N-dealkylation sites (tertiary alicyclic amines) is 1. The van der Waals surface area contributed by atoms with Crippen molar-refractivity contribution in [1.29, 1.82) is 0 Å². The first-order valence-corrected chi connectivity index (χ1v) is 8.74. The second kappa shape index (κ2) is 7.00. The maximum atomic E-state index is 12.5. The highest BCUT2D eigenvalue weighted by molar-refractivity contribution is 6.05. The smallest absolute Gasteiger partial charge is 0.298 e. The van der Waals surface area contributed by atoms with Crippen LogP contribution in [0.25, 0.3) is 0 Å². The van der Waals surface area contributed by atoms with Gasteiger partial charge in [-0.2, -0.15) is 13.2 Å². The quantitative estimate of drug-likeness (QED) is 0.728. The molecule has 1 unspecified atom stereocenters. The molecule has 0 spiro atoms. The van der Waals surface area contributed by atoms with E-state index in [4.69, 9.17) is 0 Å². The summed E-state index contributed by atoms with van der Waals surface area (Å²) in [6, 6.07) is -0.114. The maximum absolute atomic E-state index is 12.5. The number of carbonyl (C=O) groups is 2. The lowest BCUT2D eigenvalue weighted by molar-refractivity contribution is -0.166. The van der Waals surface area contributed by atoms with E-state index in [1.807, 2.05) is 4.90 Å². The van der Waals surface area contributed by atoms with E-state index in [1.54, 1.807) is 0 Å². The minimum absolute atomic E-state index is 0.127. The van der Waals surface area contributed by atoms with Gasteiger partial charge in [-0.25, -0.2) is 0 Å². The molecule has 3 fully saturated rings. The molecule has 0 radical (unpaired) electrons. The molecule has 3 rings (SSSR count). The van der Waals surface area contributed by atoms with E-state index < -0.39 is 30.6 Å². The Morgan fingerprint density at radius 3 is 2.08 bits per heavy atom. The summed E-state index contributed by atoms with van der Waals surface area (Å²) in [5, 5.41) is 0. The number of alkyl halides is 3. The van der Waals surface area contributed by atoms with Crippen LogP contribution in [0.5, 0.6) is 0 Å². The van der Waals surface area contributed by atoms with Crippen LogP contribution in [0.3, 0.4) is 0 Å². The monoisotopic (exact) mass is 347 g/mol. The lowest BCUT2D eigenvalue weighted by atomic mass is 9.93. The van der Waals surface area contributed by atoms with Crippen molar-refractivity contribution in [3.63, 3.8) is 0 Å². The first-order chi connectivity index (χ1) is 11.3. The summed E-state index contributed by atoms with van der Waals surface area (Å²) in [6.45, 7) is 1.45. The second-order valence-corrected chi connectivity index (χ2v) is 7.02. The molecule has 0 aromatic rings. The van der Waals surface area contributed by atoms with E-state index in [1.165, 1.54) is 32.1 Å². The minimum Gasteiger partial charge on any atom is -0.298 e. The average Bonchev–Trinajstić information content (AvgIpc) is 2.83. The topological polar surface area (TPSA) is 43.9 Å². The standard InChI is InChI=1S/C16H24F3N3O2/c17-16(18,19)11-22-14(23)10-13(15(22)24)21-8-6-20(7-9-21)12-4-2-1-3-5-12/h12-13H,1-11H2. The number of amides is 2. The summed E-state index contributed by atoms with van der Waals surface area (Å²) in [4.78, 5) is 28.7. The Kier molecular flexibility index (Phi) is 5.15. The van der Waals surface area contributed by atoms with E-state index >= 15 is 0 Å². The third-order valence-corrected chi connectivity index (χ3v) is 5.44. The first-order valence-electron chi connectivity index (χ1n) is 8.74. The molecular weight excluding hydrogens is 323 g/mol. The highest BCUT2D eigenvalue weighted by Gasteiger charge is 2.46. The molecule has 136 valence electrons. The third kappa shape index (κ3) is 3.91. The number of carbonyl (C=O) groups excluding carboxylic acids is 2. The average molecular weight is 347 g/mol. The Bertz CT molecular complexity index is 483. The summed E-state index contributed by atoms with van der Waals surface area (Å²) in [7, 11) is 0. The van der Waals surface area contributed by atoms with Crippen molar-refractivity contribution in [2.24, 2.45) is 0 Å². The molecule has 0 aromatic carbocycles. The fourth-order valence-corrected chi connectivity index (χ4v) is 4.16. The van der Waals surface area contributed by atoms with Gasteiger partial charge in [0.05, 0.1) is 12.5 Å². The molecular formula is C16H24F3N3O2. The summed E-state index contributed by atoms with van der Waals surface area (Å²) in [5.74, 6) is -1.40. The fraction of sp³-hybridized carbons (Fsp3) is 0.875. The third-order valence-electron chi connectivity index (χ3n) is 5.44. The highest BCUT2D eigenvalue weighted by Crippen LogP contribution is 2.27. The van der Waals surface area contributed by atoms with Crippen molar-refractivity contribution in [1.82, 2.24) is 14.7 Å².